The molecule has 0 saturated heterocycles. The van der Waals surface area contributed by atoms with Crippen LogP contribution >= 0.6 is 0 Å². The number of carbonyl (C=O) groups excluding carboxylic acids is 1. The van der Waals surface area contributed by atoms with E-state index in [0.717, 1.165) is 5.56 Å². The van der Waals surface area contributed by atoms with Crippen molar-refractivity contribution in [3.05, 3.63) is 63.3 Å². The quantitative estimate of drug-likeness (QED) is 0.813. The van der Waals surface area contributed by atoms with E-state index in [1.54, 1.807) is 25.3 Å². The minimum atomic E-state index is -0.231. The van der Waals surface area contributed by atoms with Crippen molar-refractivity contribution in [2.45, 2.75) is 46.2 Å². The van der Waals surface area contributed by atoms with Crippen LogP contribution in [0.2, 0.25) is 0 Å². The van der Waals surface area contributed by atoms with E-state index >= 15 is 0 Å². The molecule has 0 saturated carbocycles. The van der Waals surface area contributed by atoms with Crippen LogP contribution in [0.15, 0.2) is 35.6 Å². The number of amides is 1. The molecule has 0 aliphatic rings. The highest BCUT2D eigenvalue weighted by Gasteiger charge is 2.16. The summed E-state index contributed by atoms with van der Waals surface area (Å²) in [5.74, 6) is -0.286. The summed E-state index contributed by atoms with van der Waals surface area (Å²) in [6.07, 6.45) is 1.54. The van der Waals surface area contributed by atoms with Gasteiger partial charge in [-0.15, -0.1) is 0 Å². The number of nitrogens with one attached hydrogen (secondary N) is 1. The summed E-state index contributed by atoms with van der Waals surface area (Å²) in [5, 5.41) is 15.6. The van der Waals surface area contributed by atoms with E-state index in [0.29, 0.717) is 22.4 Å². The topological polar surface area (TPSA) is 91.7 Å². The molecule has 132 valence electrons. The number of benzene rings is 1. The van der Waals surface area contributed by atoms with Crippen LogP contribution in [0.25, 0.3) is 0 Å². The lowest BCUT2D eigenvalue weighted by Gasteiger charge is -2.19. The van der Waals surface area contributed by atoms with Crippen LogP contribution < -0.4 is 5.32 Å². The van der Waals surface area contributed by atoms with E-state index in [1.807, 2.05) is 12.1 Å². The largest absolute Gasteiger partial charge is 0.506 e. The Morgan fingerprint density at radius 1 is 1.24 bits per heavy atom. The van der Waals surface area contributed by atoms with Crippen molar-refractivity contribution in [1.29, 1.82) is 0 Å². The highest BCUT2D eigenvalue weighted by molar-refractivity contribution is 5.94. The predicted octanol–water partition coefficient (Wildman–Crippen LogP) is 3.59. The molecular formula is C19H23N3O3. The van der Waals surface area contributed by atoms with E-state index in [2.05, 4.69) is 36.2 Å². The predicted molar refractivity (Wildman–Crippen MR) is 96.5 cm³/mol. The van der Waals surface area contributed by atoms with Gasteiger partial charge in [-0.2, -0.15) is 4.91 Å². The molecule has 6 nitrogen and oxygen atoms in total. The average molecular weight is 341 g/mol. The van der Waals surface area contributed by atoms with Crippen molar-refractivity contribution in [2.75, 3.05) is 0 Å². The monoisotopic (exact) mass is 341 g/mol. The molecular weight excluding hydrogens is 318 g/mol. The Balaban J connectivity index is 2.12. The molecule has 25 heavy (non-hydrogen) atoms. The van der Waals surface area contributed by atoms with E-state index in [-0.39, 0.29) is 30.2 Å². The first-order valence-corrected chi connectivity index (χ1v) is 8.08. The first kappa shape index (κ1) is 18.6. The molecule has 2 N–H and O–H groups in total. The summed E-state index contributed by atoms with van der Waals surface area (Å²) in [5.41, 5.74) is 3.11. The fraction of sp³-hybridized carbons (Fsp3) is 0.368. The number of hydrogen-bond donors (Lipinski definition) is 2. The molecule has 1 aromatic carbocycles. The van der Waals surface area contributed by atoms with Gasteiger partial charge in [0.2, 0.25) is 0 Å². The number of nitrogens with zero attached hydrogens (tertiary/aromatic N) is 2. The van der Waals surface area contributed by atoms with Gasteiger partial charge in [0.05, 0.1) is 5.69 Å². The van der Waals surface area contributed by atoms with E-state index < -0.39 is 0 Å². The maximum atomic E-state index is 12.3. The van der Waals surface area contributed by atoms with E-state index in [1.165, 1.54) is 0 Å². The van der Waals surface area contributed by atoms with Gasteiger partial charge in [0.15, 0.2) is 0 Å². The molecule has 0 aliphatic carbocycles. The van der Waals surface area contributed by atoms with Gasteiger partial charge in [-0.3, -0.25) is 9.78 Å². The molecule has 2 rings (SSSR count). The van der Waals surface area contributed by atoms with E-state index in [9.17, 15) is 14.8 Å². The molecule has 1 aromatic heterocycles. The Labute approximate surface area is 147 Å². The highest BCUT2D eigenvalue weighted by atomic mass is 16.3. The lowest BCUT2D eigenvalue weighted by Crippen LogP contribution is -2.24. The van der Waals surface area contributed by atoms with Gasteiger partial charge in [-0.1, -0.05) is 38.1 Å². The van der Waals surface area contributed by atoms with Crippen LogP contribution in [-0.4, -0.2) is 16.0 Å². The van der Waals surface area contributed by atoms with E-state index in [4.69, 9.17) is 0 Å². The van der Waals surface area contributed by atoms with Crippen molar-refractivity contribution in [2.24, 2.45) is 5.18 Å². The molecule has 2 aromatic rings. The summed E-state index contributed by atoms with van der Waals surface area (Å²) in [6.45, 7) is 7.97. The smallest absolute Gasteiger partial charge is 0.251 e. The zero-order chi connectivity index (χ0) is 18.6. The number of aromatic hydroxyl groups is 1. The third-order valence-corrected chi connectivity index (χ3v) is 4.11. The number of hydrogen-bond acceptors (Lipinski definition) is 5. The number of rotatable bonds is 5. The van der Waals surface area contributed by atoms with Crippen LogP contribution in [0.1, 0.15) is 53.5 Å². The lowest BCUT2D eigenvalue weighted by molar-refractivity contribution is 0.0950. The maximum Gasteiger partial charge on any atom is 0.251 e. The molecule has 0 atom stereocenters. The van der Waals surface area contributed by atoms with Crippen LogP contribution in [-0.2, 0) is 18.5 Å². The third kappa shape index (κ3) is 4.41. The number of pyridine rings is 1. The summed E-state index contributed by atoms with van der Waals surface area (Å²) in [4.78, 5) is 27.0. The molecule has 0 aliphatic heterocycles. The van der Waals surface area contributed by atoms with Crippen molar-refractivity contribution < 1.29 is 9.90 Å². The maximum absolute atomic E-state index is 12.3. The van der Waals surface area contributed by atoms with Crippen LogP contribution in [0.4, 0.5) is 0 Å². The Morgan fingerprint density at radius 2 is 1.88 bits per heavy atom. The van der Waals surface area contributed by atoms with Crippen LogP contribution in [0.3, 0.4) is 0 Å². The van der Waals surface area contributed by atoms with Gasteiger partial charge in [-0.25, -0.2) is 0 Å². The average Bonchev–Trinajstić information content (AvgIpc) is 2.57. The summed E-state index contributed by atoms with van der Waals surface area (Å²) >= 11 is 0. The van der Waals surface area contributed by atoms with Gasteiger partial charge in [0.25, 0.3) is 5.91 Å². The minimum absolute atomic E-state index is 0.0246. The Hall–Kier alpha value is -2.76. The first-order chi connectivity index (χ1) is 11.7. The second-order valence-electron chi connectivity index (χ2n) is 6.99. The van der Waals surface area contributed by atoms with Crippen LogP contribution in [0.5, 0.6) is 5.75 Å². The number of nitroso groups, excluding NO2 is 1. The first-order valence-electron chi connectivity index (χ1n) is 8.08. The molecule has 1 amide bonds. The Bertz CT molecular complexity index is 778. The standard InChI is InChI=1S/C19H23N3O3/c1-12-17(23)16(11-22-25)14(9-20-12)10-21-18(24)13-5-7-15(8-6-13)19(2,3)4/h5-9,23H,10-11H2,1-4H3,(H,21,24). The lowest BCUT2D eigenvalue weighted by atomic mass is 9.87. The van der Waals surface area contributed by atoms with Gasteiger partial charge in [-0.05, 0) is 35.6 Å². The SMILES string of the molecule is Cc1ncc(CNC(=O)c2ccc(C(C)(C)C)cc2)c(CN=O)c1O. The fourth-order valence-corrected chi connectivity index (χ4v) is 2.48. The molecule has 0 unspecified atom stereocenters. The Kier molecular flexibility index (Phi) is 5.51. The second kappa shape index (κ2) is 7.42. The fourth-order valence-electron chi connectivity index (χ4n) is 2.48. The van der Waals surface area contributed by atoms with Crippen molar-refractivity contribution in [1.82, 2.24) is 10.3 Å². The highest BCUT2D eigenvalue weighted by Crippen LogP contribution is 2.25. The second-order valence-corrected chi connectivity index (χ2v) is 6.99. The number of aryl methyl sites for hydroxylation is 1. The van der Waals surface area contributed by atoms with Gasteiger partial charge < -0.3 is 10.4 Å². The van der Waals surface area contributed by atoms with Crippen molar-refractivity contribution in [3.8, 4) is 5.75 Å². The molecule has 0 spiro atoms. The number of aromatic nitrogens is 1. The zero-order valence-corrected chi connectivity index (χ0v) is 15.0. The molecule has 6 heteroatoms. The van der Waals surface area contributed by atoms with Crippen molar-refractivity contribution >= 4 is 5.91 Å². The summed E-state index contributed by atoms with van der Waals surface area (Å²) in [7, 11) is 0. The Morgan fingerprint density at radius 3 is 2.44 bits per heavy atom. The van der Waals surface area contributed by atoms with Gasteiger partial charge in [0, 0.05) is 23.9 Å². The summed E-state index contributed by atoms with van der Waals surface area (Å²) in [6, 6.07) is 7.45. The normalized spacial score (nSPS) is 11.2. The molecule has 0 bridgehead atoms. The molecule has 0 fully saturated rings. The van der Waals surface area contributed by atoms with Gasteiger partial charge >= 0.3 is 0 Å². The molecule has 1 heterocycles. The van der Waals surface area contributed by atoms with Crippen molar-refractivity contribution in [3.63, 3.8) is 0 Å². The van der Waals surface area contributed by atoms with Gasteiger partial charge in [0.1, 0.15) is 12.3 Å². The van der Waals surface area contributed by atoms with Crippen LogP contribution in [0, 0.1) is 11.8 Å². The summed E-state index contributed by atoms with van der Waals surface area (Å²) < 4.78 is 0. The third-order valence-electron chi connectivity index (χ3n) is 4.11. The minimum Gasteiger partial charge on any atom is -0.506 e. The number of carbonyl (C=O) groups is 1. The molecule has 0 radical (unpaired) electrons. The zero-order valence-electron chi connectivity index (χ0n) is 15.0.